The largest absolute Gasteiger partial charge is 0.398 e. The van der Waals surface area contributed by atoms with Gasteiger partial charge in [-0.1, -0.05) is 19.3 Å². The summed E-state index contributed by atoms with van der Waals surface area (Å²) in [6, 6.07) is 4.48. The summed E-state index contributed by atoms with van der Waals surface area (Å²) in [7, 11) is -3.65. The summed E-state index contributed by atoms with van der Waals surface area (Å²) in [5.41, 5.74) is 5.13. The first kappa shape index (κ1) is 15.8. The Morgan fingerprint density at radius 2 is 1.95 bits per heavy atom. The highest BCUT2D eigenvalue weighted by Gasteiger charge is 2.30. The highest BCUT2D eigenvalue weighted by Crippen LogP contribution is 2.28. The number of hydrogen-bond donors (Lipinski definition) is 3. The van der Waals surface area contributed by atoms with Crippen molar-refractivity contribution in [3.8, 4) is 0 Å². The van der Waals surface area contributed by atoms with Crippen molar-refractivity contribution in [2.75, 3.05) is 12.3 Å². The first-order chi connectivity index (χ1) is 9.32. The molecule has 2 rings (SSSR count). The van der Waals surface area contributed by atoms with Crippen molar-refractivity contribution in [1.82, 2.24) is 4.72 Å². The zero-order chi connectivity index (χ0) is 14.8. The monoisotopic (exact) mass is 362 g/mol. The summed E-state index contributed by atoms with van der Waals surface area (Å²) in [5.74, 6) is 0. The van der Waals surface area contributed by atoms with E-state index in [1.807, 2.05) is 0 Å². The molecule has 7 heteroatoms. The van der Waals surface area contributed by atoms with Crippen molar-refractivity contribution < 1.29 is 13.5 Å². The molecule has 20 heavy (non-hydrogen) atoms. The van der Waals surface area contributed by atoms with E-state index in [0.29, 0.717) is 23.0 Å². The Balaban J connectivity index is 2.09. The second kappa shape index (κ2) is 6.01. The Kier molecular flexibility index (Phi) is 4.73. The molecule has 0 radical (unpaired) electrons. The lowest BCUT2D eigenvalue weighted by Crippen LogP contribution is -2.44. The highest BCUT2D eigenvalue weighted by atomic mass is 79.9. The maximum atomic E-state index is 12.2. The van der Waals surface area contributed by atoms with E-state index in [-0.39, 0.29) is 11.4 Å². The molecule has 1 aromatic carbocycles. The quantitative estimate of drug-likeness (QED) is 0.714. The number of halogens is 1. The lowest BCUT2D eigenvalue weighted by molar-refractivity contribution is 0.00945. The molecule has 0 unspecified atom stereocenters. The molecule has 1 saturated carbocycles. The normalized spacial score (nSPS) is 18.9. The van der Waals surface area contributed by atoms with Crippen molar-refractivity contribution in [2.45, 2.75) is 42.6 Å². The highest BCUT2D eigenvalue weighted by molar-refractivity contribution is 9.10. The Morgan fingerprint density at radius 3 is 2.55 bits per heavy atom. The van der Waals surface area contributed by atoms with Gasteiger partial charge in [-0.2, -0.15) is 0 Å². The Hall–Kier alpha value is -0.630. The number of nitrogens with one attached hydrogen (secondary N) is 1. The third-order valence-electron chi connectivity index (χ3n) is 3.65. The van der Waals surface area contributed by atoms with Crippen molar-refractivity contribution in [3.63, 3.8) is 0 Å². The van der Waals surface area contributed by atoms with Crippen molar-refractivity contribution in [2.24, 2.45) is 0 Å². The average Bonchev–Trinajstić information content (AvgIpc) is 2.41. The van der Waals surface area contributed by atoms with Gasteiger partial charge in [-0.05, 0) is 47.0 Å². The number of hydrogen-bond acceptors (Lipinski definition) is 4. The predicted octanol–water partition coefficient (Wildman–Crippen LogP) is 2.00. The van der Waals surface area contributed by atoms with E-state index in [1.54, 1.807) is 6.07 Å². The Labute approximate surface area is 127 Å². The molecule has 0 aromatic heterocycles. The topological polar surface area (TPSA) is 92.4 Å². The van der Waals surface area contributed by atoms with Crippen LogP contribution in [-0.4, -0.2) is 25.7 Å². The van der Waals surface area contributed by atoms with Gasteiger partial charge in [0, 0.05) is 16.7 Å². The van der Waals surface area contributed by atoms with Gasteiger partial charge < -0.3 is 10.8 Å². The van der Waals surface area contributed by atoms with E-state index < -0.39 is 15.6 Å². The van der Waals surface area contributed by atoms with Crippen LogP contribution < -0.4 is 10.5 Å². The maximum Gasteiger partial charge on any atom is 0.240 e. The molecule has 5 nitrogen and oxygen atoms in total. The van der Waals surface area contributed by atoms with E-state index in [2.05, 4.69) is 20.7 Å². The molecule has 0 saturated heterocycles. The van der Waals surface area contributed by atoms with E-state index in [0.717, 1.165) is 19.3 Å². The standard InChI is InChI=1S/C13H19BrN2O3S/c14-11-5-4-10(8-12(11)15)20(18,19)16-9-13(17)6-2-1-3-7-13/h4-5,8,16-17H,1-3,6-7,9,15H2. The number of aliphatic hydroxyl groups is 1. The minimum absolute atomic E-state index is 0.0469. The van der Waals surface area contributed by atoms with E-state index in [1.165, 1.54) is 12.1 Å². The summed E-state index contributed by atoms with van der Waals surface area (Å²) < 4.78 is 27.5. The van der Waals surface area contributed by atoms with Gasteiger partial charge in [0.25, 0.3) is 0 Å². The average molecular weight is 363 g/mol. The van der Waals surface area contributed by atoms with Gasteiger partial charge in [0.2, 0.25) is 10.0 Å². The molecule has 0 heterocycles. The zero-order valence-electron chi connectivity index (χ0n) is 11.1. The smallest absolute Gasteiger partial charge is 0.240 e. The first-order valence-electron chi connectivity index (χ1n) is 6.60. The summed E-state index contributed by atoms with van der Waals surface area (Å²) in [6.45, 7) is 0.0469. The van der Waals surface area contributed by atoms with Crippen molar-refractivity contribution in [3.05, 3.63) is 22.7 Å². The number of benzene rings is 1. The van der Waals surface area contributed by atoms with Crippen LogP contribution in [0.1, 0.15) is 32.1 Å². The fourth-order valence-electron chi connectivity index (χ4n) is 2.39. The fourth-order valence-corrected chi connectivity index (χ4v) is 3.79. The lowest BCUT2D eigenvalue weighted by atomic mass is 9.85. The summed E-state index contributed by atoms with van der Waals surface area (Å²) in [5, 5.41) is 10.3. The van der Waals surface area contributed by atoms with Crippen LogP contribution in [0.4, 0.5) is 5.69 Å². The summed E-state index contributed by atoms with van der Waals surface area (Å²) in [4.78, 5) is 0.109. The first-order valence-corrected chi connectivity index (χ1v) is 8.87. The molecule has 1 aromatic rings. The molecule has 112 valence electrons. The molecule has 4 N–H and O–H groups in total. The zero-order valence-corrected chi connectivity index (χ0v) is 13.5. The van der Waals surface area contributed by atoms with E-state index >= 15 is 0 Å². The van der Waals surface area contributed by atoms with Gasteiger partial charge >= 0.3 is 0 Å². The van der Waals surface area contributed by atoms with Gasteiger partial charge in [0.05, 0.1) is 10.5 Å². The maximum absolute atomic E-state index is 12.2. The molecular weight excluding hydrogens is 344 g/mol. The summed E-state index contributed by atoms with van der Waals surface area (Å²) in [6.07, 6.45) is 4.24. The molecule has 0 aliphatic heterocycles. The molecular formula is C13H19BrN2O3S. The molecule has 0 bridgehead atoms. The number of anilines is 1. The van der Waals surface area contributed by atoms with Gasteiger partial charge in [-0.3, -0.25) is 0 Å². The van der Waals surface area contributed by atoms with Gasteiger partial charge in [0.15, 0.2) is 0 Å². The van der Waals surface area contributed by atoms with Crippen molar-refractivity contribution in [1.29, 1.82) is 0 Å². The molecule has 1 fully saturated rings. The van der Waals surface area contributed by atoms with Crippen LogP contribution in [0.3, 0.4) is 0 Å². The van der Waals surface area contributed by atoms with Crippen LogP contribution in [0.5, 0.6) is 0 Å². The molecule has 0 atom stereocenters. The number of nitrogens with two attached hydrogens (primary N) is 1. The minimum atomic E-state index is -3.65. The number of sulfonamides is 1. The Bertz CT molecular complexity index is 583. The third-order valence-corrected chi connectivity index (χ3v) is 5.77. The van der Waals surface area contributed by atoms with Crippen LogP contribution in [0.2, 0.25) is 0 Å². The van der Waals surface area contributed by atoms with Crippen LogP contribution in [0, 0.1) is 0 Å². The number of nitrogen functional groups attached to an aromatic ring is 1. The molecule has 0 amide bonds. The molecule has 1 aliphatic carbocycles. The number of rotatable bonds is 4. The second-order valence-corrected chi connectivity index (χ2v) is 7.91. The van der Waals surface area contributed by atoms with Crippen LogP contribution in [0.15, 0.2) is 27.6 Å². The second-order valence-electron chi connectivity index (χ2n) is 5.29. The van der Waals surface area contributed by atoms with Gasteiger partial charge in [-0.15, -0.1) is 0 Å². The van der Waals surface area contributed by atoms with E-state index in [4.69, 9.17) is 5.73 Å². The van der Waals surface area contributed by atoms with E-state index in [9.17, 15) is 13.5 Å². The molecule has 1 aliphatic rings. The van der Waals surface area contributed by atoms with Gasteiger partial charge in [-0.25, -0.2) is 13.1 Å². The van der Waals surface area contributed by atoms with Gasteiger partial charge in [0.1, 0.15) is 0 Å². The predicted molar refractivity (Wildman–Crippen MR) is 81.8 cm³/mol. The van der Waals surface area contributed by atoms with Crippen LogP contribution in [0.25, 0.3) is 0 Å². The fraction of sp³-hybridized carbons (Fsp3) is 0.538. The van der Waals surface area contributed by atoms with Crippen molar-refractivity contribution >= 4 is 31.6 Å². The molecule has 0 spiro atoms. The van der Waals surface area contributed by atoms with Crippen LogP contribution in [-0.2, 0) is 10.0 Å². The lowest BCUT2D eigenvalue weighted by Gasteiger charge is -2.32. The van der Waals surface area contributed by atoms with Crippen LogP contribution >= 0.6 is 15.9 Å². The third kappa shape index (κ3) is 3.72. The Morgan fingerprint density at radius 1 is 1.30 bits per heavy atom. The minimum Gasteiger partial charge on any atom is -0.398 e. The summed E-state index contributed by atoms with van der Waals surface area (Å²) >= 11 is 3.23. The SMILES string of the molecule is Nc1cc(S(=O)(=O)NCC2(O)CCCCC2)ccc1Br.